The fourth-order valence-corrected chi connectivity index (χ4v) is 4.67. The van der Waals surface area contributed by atoms with Crippen LogP contribution in [0.5, 0.6) is 0 Å². The van der Waals surface area contributed by atoms with E-state index in [1.807, 2.05) is 0 Å². The average molecular weight is 285 g/mol. The van der Waals surface area contributed by atoms with Gasteiger partial charge >= 0.3 is 5.97 Å². The number of hydrogen-bond acceptors (Lipinski definition) is 5. The van der Waals surface area contributed by atoms with E-state index in [1.165, 1.54) is 0 Å². The second-order valence-corrected chi connectivity index (χ2v) is 8.48. The van der Waals surface area contributed by atoms with Gasteiger partial charge in [-0.25, -0.2) is 21.1 Å². The fourth-order valence-electron chi connectivity index (χ4n) is 1.57. The summed E-state index contributed by atoms with van der Waals surface area (Å²) in [5.41, 5.74) is 0. The van der Waals surface area contributed by atoms with Gasteiger partial charge in [0.05, 0.1) is 17.4 Å². The molecule has 0 aromatic carbocycles. The van der Waals surface area contributed by atoms with Gasteiger partial charge in [-0.3, -0.25) is 4.79 Å². The molecule has 1 fully saturated rings. The second kappa shape index (κ2) is 4.91. The zero-order valence-electron chi connectivity index (χ0n) is 9.37. The molecule has 9 heteroatoms. The van der Waals surface area contributed by atoms with E-state index in [0.717, 1.165) is 10.6 Å². The molecule has 7 nitrogen and oxygen atoms in total. The van der Waals surface area contributed by atoms with Gasteiger partial charge in [0.2, 0.25) is 10.0 Å². The normalized spacial score (nSPS) is 22.8. The summed E-state index contributed by atoms with van der Waals surface area (Å²) in [4.78, 5) is 10.7. The van der Waals surface area contributed by atoms with E-state index in [9.17, 15) is 21.6 Å². The van der Waals surface area contributed by atoms with E-state index in [1.54, 1.807) is 0 Å². The molecule has 0 bridgehead atoms. The Bertz CT molecular complexity index is 494. The molecule has 1 aliphatic rings. The Labute approximate surface area is 100 Å². The topological polar surface area (TPSA) is 109 Å². The fraction of sp³-hybridized carbons (Fsp3) is 0.875. The average Bonchev–Trinajstić information content (AvgIpc) is 2.63. The molecule has 0 radical (unpaired) electrons. The highest BCUT2D eigenvalue weighted by atomic mass is 32.2. The highest BCUT2D eigenvalue weighted by Gasteiger charge is 2.34. The Morgan fingerprint density at radius 3 is 2.29 bits per heavy atom. The molecule has 0 aromatic heterocycles. The van der Waals surface area contributed by atoms with Crippen molar-refractivity contribution in [1.29, 1.82) is 0 Å². The Kier molecular flexibility index (Phi) is 4.15. The smallest absolute Gasteiger partial charge is 0.307 e. The SMILES string of the molecule is CS(=O)(=O)CCS(=O)(=O)N1CCC(C(=O)O)C1. The number of sulfone groups is 1. The quantitative estimate of drug-likeness (QED) is 0.677. The first kappa shape index (κ1) is 14.4. The Hall–Kier alpha value is -0.670. The first-order chi connectivity index (χ1) is 7.62. The Morgan fingerprint density at radius 2 is 1.88 bits per heavy atom. The zero-order valence-corrected chi connectivity index (χ0v) is 11.0. The van der Waals surface area contributed by atoms with E-state index in [-0.39, 0.29) is 19.5 Å². The van der Waals surface area contributed by atoms with Crippen LogP contribution in [0.25, 0.3) is 0 Å². The Balaban J connectivity index is 2.64. The van der Waals surface area contributed by atoms with Crippen molar-refractivity contribution in [2.24, 2.45) is 5.92 Å². The van der Waals surface area contributed by atoms with Crippen molar-refractivity contribution in [3.8, 4) is 0 Å². The summed E-state index contributed by atoms with van der Waals surface area (Å²) in [6.45, 7) is 0.0739. The van der Waals surface area contributed by atoms with Gasteiger partial charge in [-0.2, -0.15) is 0 Å². The molecule has 0 saturated carbocycles. The molecule has 100 valence electrons. The third-order valence-corrected chi connectivity index (χ3v) is 5.65. The van der Waals surface area contributed by atoms with Crippen LogP contribution in [0.2, 0.25) is 0 Å². The van der Waals surface area contributed by atoms with Crippen molar-refractivity contribution in [2.45, 2.75) is 6.42 Å². The summed E-state index contributed by atoms with van der Waals surface area (Å²) in [6.07, 6.45) is 1.24. The van der Waals surface area contributed by atoms with Crippen LogP contribution in [0.1, 0.15) is 6.42 Å². The lowest BCUT2D eigenvalue weighted by Gasteiger charge is -2.15. The van der Waals surface area contributed by atoms with Crippen molar-refractivity contribution in [3.05, 3.63) is 0 Å². The highest BCUT2D eigenvalue weighted by Crippen LogP contribution is 2.19. The first-order valence-electron chi connectivity index (χ1n) is 5.00. The van der Waals surface area contributed by atoms with Crippen molar-refractivity contribution in [1.82, 2.24) is 4.31 Å². The largest absolute Gasteiger partial charge is 0.481 e. The van der Waals surface area contributed by atoms with E-state index >= 15 is 0 Å². The van der Waals surface area contributed by atoms with Crippen molar-refractivity contribution in [3.63, 3.8) is 0 Å². The highest BCUT2D eigenvalue weighted by molar-refractivity contribution is 7.93. The zero-order chi connectivity index (χ0) is 13.3. The van der Waals surface area contributed by atoms with Gasteiger partial charge in [0, 0.05) is 19.3 Å². The molecule has 0 amide bonds. The van der Waals surface area contributed by atoms with Gasteiger partial charge in [-0.15, -0.1) is 0 Å². The first-order valence-corrected chi connectivity index (χ1v) is 8.67. The van der Waals surface area contributed by atoms with Crippen LogP contribution < -0.4 is 0 Å². The minimum atomic E-state index is -3.67. The molecule has 1 aliphatic heterocycles. The van der Waals surface area contributed by atoms with E-state index in [0.29, 0.717) is 0 Å². The van der Waals surface area contributed by atoms with Crippen molar-refractivity contribution >= 4 is 25.8 Å². The molecule has 17 heavy (non-hydrogen) atoms. The third-order valence-electron chi connectivity index (χ3n) is 2.61. The number of carboxylic acid groups (broad SMARTS) is 1. The maximum absolute atomic E-state index is 11.7. The third kappa shape index (κ3) is 4.25. The molecule has 1 unspecified atom stereocenters. The van der Waals surface area contributed by atoms with Crippen molar-refractivity contribution < 1.29 is 26.7 Å². The standard InChI is InChI=1S/C8H15NO6S2/c1-16(12,13)4-5-17(14,15)9-3-2-7(6-9)8(10)11/h7H,2-6H2,1H3,(H,10,11). The number of aliphatic carboxylic acids is 1. The molecule has 1 rings (SSSR count). The molecule has 1 atom stereocenters. The summed E-state index contributed by atoms with van der Waals surface area (Å²) >= 11 is 0. The van der Waals surface area contributed by atoms with Gasteiger partial charge in [0.15, 0.2) is 0 Å². The molecular formula is C8H15NO6S2. The lowest BCUT2D eigenvalue weighted by molar-refractivity contribution is -0.141. The summed E-state index contributed by atoms with van der Waals surface area (Å²) in [5.74, 6) is -2.64. The van der Waals surface area contributed by atoms with E-state index < -0.39 is 43.3 Å². The maximum Gasteiger partial charge on any atom is 0.307 e. The van der Waals surface area contributed by atoms with Crippen molar-refractivity contribution in [2.75, 3.05) is 30.9 Å². The van der Waals surface area contributed by atoms with Gasteiger partial charge in [0.1, 0.15) is 9.84 Å². The lowest BCUT2D eigenvalue weighted by Crippen LogP contribution is -2.34. The summed E-state index contributed by atoms with van der Waals surface area (Å²) in [5, 5.41) is 8.74. The summed E-state index contributed by atoms with van der Waals surface area (Å²) in [6, 6.07) is 0. The molecular weight excluding hydrogens is 270 g/mol. The minimum Gasteiger partial charge on any atom is -0.481 e. The number of carbonyl (C=O) groups is 1. The minimum absolute atomic E-state index is 0.0680. The summed E-state index contributed by atoms with van der Waals surface area (Å²) in [7, 11) is -7.01. The maximum atomic E-state index is 11.7. The number of rotatable bonds is 5. The van der Waals surface area contributed by atoms with E-state index in [2.05, 4.69) is 0 Å². The monoisotopic (exact) mass is 285 g/mol. The number of hydrogen-bond donors (Lipinski definition) is 1. The van der Waals surface area contributed by atoms with Crippen LogP contribution >= 0.6 is 0 Å². The number of carboxylic acids is 1. The molecule has 0 aromatic rings. The number of sulfonamides is 1. The van der Waals surface area contributed by atoms with Crippen LogP contribution in [-0.4, -0.2) is 63.1 Å². The Morgan fingerprint density at radius 1 is 1.29 bits per heavy atom. The van der Waals surface area contributed by atoms with E-state index in [4.69, 9.17) is 5.11 Å². The molecule has 0 aliphatic carbocycles. The van der Waals surface area contributed by atoms with Crippen LogP contribution in [0.4, 0.5) is 0 Å². The predicted octanol–water partition coefficient (Wildman–Crippen LogP) is -1.23. The molecule has 0 spiro atoms. The lowest BCUT2D eigenvalue weighted by atomic mass is 10.1. The van der Waals surface area contributed by atoms with Gasteiger partial charge in [0.25, 0.3) is 0 Å². The van der Waals surface area contributed by atoms with Gasteiger partial charge in [-0.1, -0.05) is 0 Å². The summed E-state index contributed by atoms with van der Waals surface area (Å²) < 4.78 is 46.3. The van der Waals surface area contributed by atoms with Gasteiger partial charge in [-0.05, 0) is 6.42 Å². The molecule has 1 heterocycles. The molecule has 1 N–H and O–H groups in total. The molecule has 1 saturated heterocycles. The predicted molar refractivity (Wildman–Crippen MR) is 60.8 cm³/mol. The second-order valence-electron chi connectivity index (χ2n) is 4.13. The van der Waals surface area contributed by atoms with Crippen LogP contribution in [-0.2, 0) is 24.7 Å². The van der Waals surface area contributed by atoms with Crippen LogP contribution in [0, 0.1) is 5.92 Å². The van der Waals surface area contributed by atoms with Crippen LogP contribution in [0.3, 0.4) is 0 Å². The van der Waals surface area contributed by atoms with Crippen LogP contribution in [0.15, 0.2) is 0 Å². The number of nitrogens with zero attached hydrogens (tertiary/aromatic N) is 1. The van der Waals surface area contributed by atoms with Gasteiger partial charge < -0.3 is 5.11 Å².